The Labute approximate surface area is 107 Å². The van der Waals surface area contributed by atoms with Crippen molar-refractivity contribution in [3.05, 3.63) is 0 Å². The largest absolute Gasteiger partial charge is 0.355 e. The summed E-state index contributed by atoms with van der Waals surface area (Å²) in [4.78, 5) is 11.8. The molecule has 1 amide bonds. The van der Waals surface area contributed by atoms with Gasteiger partial charge < -0.3 is 10.6 Å². The lowest BCUT2D eigenvalue weighted by Crippen LogP contribution is -2.51. The Hall–Kier alpha value is -0.570. The molecule has 0 heterocycles. The maximum atomic E-state index is 11.8. The number of carbonyl (C=O) groups is 1. The molecule has 0 aromatic carbocycles. The van der Waals surface area contributed by atoms with E-state index in [9.17, 15) is 4.79 Å². The molecule has 2 N–H and O–H groups in total. The minimum atomic E-state index is -0.113. The molecule has 17 heavy (non-hydrogen) atoms. The molecule has 0 radical (unpaired) electrons. The highest BCUT2D eigenvalue weighted by Crippen LogP contribution is 2.11. The van der Waals surface area contributed by atoms with Gasteiger partial charge in [0.1, 0.15) is 0 Å². The molecule has 0 saturated heterocycles. The Balaban J connectivity index is 3.88. The fraction of sp³-hybridized carbons (Fsp3) is 0.929. The Morgan fingerprint density at radius 1 is 1.18 bits per heavy atom. The highest BCUT2D eigenvalue weighted by atomic mass is 16.2. The fourth-order valence-electron chi connectivity index (χ4n) is 2.09. The van der Waals surface area contributed by atoms with E-state index in [0.29, 0.717) is 0 Å². The first kappa shape index (κ1) is 16.4. The van der Waals surface area contributed by atoms with E-state index in [1.807, 2.05) is 6.92 Å². The molecule has 0 spiro atoms. The number of amides is 1. The van der Waals surface area contributed by atoms with Gasteiger partial charge in [-0.2, -0.15) is 0 Å². The van der Waals surface area contributed by atoms with Gasteiger partial charge >= 0.3 is 0 Å². The highest BCUT2D eigenvalue weighted by molar-refractivity contribution is 5.81. The van der Waals surface area contributed by atoms with Gasteiger partial charge in [-0.1, -0.05) is 33.1 Å². The second-order valence-electron chi connectivity index (χ2n) is 5.50. The third-order valence-corrected chi connectivity index (χ3v) is 2.96. The predicted molar refractivity (Wildman–Crippen MR) is 74.1 cm³/mol. The van der Waals surface area contributed by atoms with Crippen molar-refractivity contribution in [2.75, 3.05) is 6.54 Å². The second kappa shape index (κ2) is 8.51. The van der Waals surface area contributed by atoms with E-state index in [2.05, 4.69) is 38.3 Å². The summed E-state index contributed by atoms with van der Waals surface area (Å²) in [5.41, 5.74) is 0.0366. The van der Waals surface area contributed by atoms with Crippen LogP contribution in [0, 0.1) is 0 Å². The minimum absolute atomic E-state index is 0.0366. The van der Waals surface area contributed by atoms with Crippen LogP contribution in [0.15, 0.2) is 0 Å². The normalized spacial score (nSPS) is 13.5. The zero-order valence-corrected chi connectivity index (χ0v) is 12.2. The second-order valence-corrected chi connectivity index (χ2v) is 5.50. The van der Waals surface area contributed by atoms with Gasteiger partial charge in [0.15, 0.2) is 0 Å². The lowest BCUT2D eigenvalue weighted by Gasteiger charge is -2.29. The average molecular weight is 242 g/mol. The molecule has 0 aliphatic rings. The molecular weight excluding hydrogens is 212 g/mol. The van der Waals surface area contributed by atoms with Crippen LogP contribution in [0.4, 0.5) is 0 Å². The monoisotopic (exact) mass is 242 g/mol. The van der Waals surface area contributed by atoms with Crippen molar-refractivity contribution in [1.29, 1.82) is 0 Å². The molecule has 3 heteroatoms. The van der Waals surface area contributed by atoms with E-state index in [-0.39, 0.29) is 17.5 Å². The van der Waals surface area contributed by atoms with Gasteiger partial charge in [0.25, 0.3) is 0 Å². The summed E-state index contributed by atoms with van der Waals surface area (Å²) >= 11 is 0. The van der Waals surface area contributed by atoms with Crippen molar-refractivity contribution in [3.63, 3.8) is 0 Å². The van der Waals surface area contributed by atoms with Crippen LogP contribution in [-0.2, 0) is 4.79 Å². The maximum absolute atomic E-state index is 11.8. The predicted octanol–water partition coefficient (Wildman–Crippen LogP) is 2.85. The van der Waals surface area contributed by atoms with Gasteiger partial charge in [0, 0.05) is 12.1 Å². The first-order valence-electron chi connectivity index (χ1n) is 6.98. The van der Waals surface area contributed by atoms with Crippen LogP contribution >= 0.6 is 0 Å². The van der Waals surface area contributed by atoms with Crippen molar-refractivity contribution in [2.24, 2.45) is 0 Å². The summed E-state index contributed by atoms with van der Waals surface area (Å²) in [6.07, 6.45) is 5.66. The van der Waals surface area contributed by atoms with Crippen LogP contribution in [-0.4, -0.2) is 24.0 Å². The lowest BCUT2D eigenvalue weighted by molar-refractivity contribution is -0.123. The van der Waals surface area contributed by atoms with Crippen LogP contribution in [0.2, 0.25) is 0 Å². The minimum Gasteiger partial charge on any atom is -0.355 e. The number of hydrogen-bond acceptors (Lipinski definition) is 2. The van der Waals surface area contributed by atoms with Gasteiger partial charge in [-0.05, 0) is 33.6 Å². The molecule has 0 saturated carbocycles. The van der Waals surface area contributed by atoms with E-state index in [0.717, 1.165) is 25.8 Å². The van der Waals surface area contributed by atoms with Gasteiger partial charge in [-0.15, -0.1) is 0 Å². The molecule has 0 fully saturated rings. The Morgan fingerprint density at radius 2 is 1.82 bits per heavy atom. The van der Waals surface area contributed by atoms with E-state index in [4.69, 9.17) is 0 Å². The summed E-state index contributed by atoms with van der Waals surface area (Å²) in [7, 11) is 0. The van der Waals surface area contributed by atoms with Gasteiger partial charge in [-0.25, -0.2) is 0 Å². The van der Waals surface area contributed by atoms with Crippen molar-refractivity contribution >= 4 is 5.91 Å². The number of hydrogen-bond donors (Lipinski definition) is 2. The van der Waals surface area contributed by atoms with Crippen molar-refractivity contribution in [1.82, 2.24) is 10.6 Å². The smallest absolute Gasteiger partial charge is 0.236 e. The first-order valence-corrected chi connectivity index (χ1v) is 6.98. The Kier molecular flexibility index (Phi) is 8.23. The number of carbonyl (C=O) groups excluding carboxylic acids is 1. The maximum Gasteiger partial charge on any atom is 0.236 e. The molecule has 0 aromatic heterocycles. The zero-order chi connectivity index (χ0) is 13.3. The summed E-state index contributed by atoms with van der Waals surface area (Å²) in [5, 5.41) is 6.37. The van der Waals surface area contributed by atoms with Crippen LogP contribution < -0.4 is 10.6 Å². The molecule has 1 unspecified atom stereocenters. The van der Waals surface area contributed by atoms with Crippen molar-refractivity contribution < 1.29 is 4.79 Å². The number of nitrogens with one attached hydrogen (secondary N) is 2. The molecule has 0 aromatic rings. The Morgan fingerprint density at radius 3 is 2.35 bits per heavy atom. The molecule has 0 rings (SSSR count). The molecule has 0 aliphatic heterocycles. The van der Waals surface area contributed by atoms with Gasteiger partial charge in [-0.3, -0.25) is 4.79 Å². The average Bonchev–Trinajstić information content (AvgIpc) is 2.23. The summed E-state index contributed by atoms with van der Waals surface area (Å²) in [6, 6.07) is -0.113. The van der Waals surface area contributed by atoms with Gasteiger partial charge in [0.05, 0.1) is 6.04 Å². The zero-order valence-electron chi connectivity index (χ0n) is 12.2. The van der Waals surface area contributed by atoms with Crippen LogP contribution in [0.25, 0.3) is 0 Å². The number of rotatable bonds is 9. The highest BCUT2D eigenvalue weighted by Gasteiger charge is 2.22. The Bertz CT molecular complexity index is 214. The quantitative estimate of drug-likeness (QED) is 0.610. The third kappa shape index (κ3) is 8.19. The molecular formula is C14H30N2O. The summed E-state index contributed by atoms with van der Waals surface area (Å²) in [6.45, 7) is 11.4. The van der Waals surface area contributed by atoms with E-state index >= 15 is 0 Å². The molecule has 1 atom stereocenters. The van der Waals surface area contributed by atoms with Gasteiger partial charge in [0.2, 0.25) is 5.91 Å². The van der Waals surface area contributed by atoms with E-state index in [1.165, 1.54) is 12.8 Å². The van der Waals surface area contributed by atoms with E-state index in [1.54, 1.807) is 0 Å². The lowest BCUT2D eigenvalue weighted by atomic mass is 9.97. The van der Waals surface area contributed by atoms with Crippen molar-refractivity contribution in [2.45, 2.75) is 78.3 Å². The molecule has 102 valence electrons. The first-order chi connectivity index (χ1) is 7.93. The third-order valence-electron chi connectivity index (χ3n) is 2.96. The van der Waals surface area contributed by atoms with Crippen LogP contribution in [0.3, 0.4) is 0 Å². The molecule has 3 nitrogen and oxygen atoms in total. The van der Waals surface area contributed by atoms with Crippen LogP contribution in [0.5, 0.6) is 0 Å². The van der Waals surface area contributed by atoms with Crippen LogP contribution in [0.1, 0.15) is 66.7 Å². The standard InChI is InChI=1S/C14H30N2O/c1-6-8-9-11-15-13(17)12(3)16-14(4,5)10-7-2/h12,16H,6-11H2,1-5H3,(H,15,17). The van der Waals surface area contributed by atoms with Crippen molar-refractivity contribution in [3.8, 4) is 0 Å². The fourth-order valence-corrected chi connectivity index (χ4v) is 2.09. The van der Waals surface area contributed by atoms with E-state index < -0.39 is 0 Å². The number of unbranched alkanes of at least 4 members (excludes halogenated alkanes) is 2. The SMILES string of the molecule is CCCCCNC(=O)C(C)NC(C)(C)CCC. The topological polar surface area (TPSA) is 41.1 Å². The summed E-state index contributed by atoms with van der Waals surface area (Å²) < 4.78 is 0. The summed E-state index contributed by atoms with van der Waals surface area (Å²) in [5.74, 6) is 0.116. The molecule has 0 aliphatic carbocycles. The molecule has 0 bridgehead atoms.